The minimum atomic E-state index is -1.05. The molecule has 1 heterocycles. The van der Waals surface area contributed by atoms with Gasteiger partial charge in [0.25, 0.3) is 0 Å². The van der Waals surface area contributed by atoms with E-state index in [4.69, 9.17) is 9.47 Å². The summed E-state index contributed by atoms with van der Waals surface area (Å²) in [7, 11) is 1.64. The summed E-state index contributed by atoms with van der Waals surface area (Å²) in [5.74, 6) is 0.695. The van der Waals surface area contributed by atoms with Crippen LogP contribution in [0.5, 0.6) is 5.75 Å². The van der Waals surface area contributed by atoms with Crippen LogP contribution in [0.25, 0.3) is 0 Å². The third-order valence-corrected chi connectivity index (χ3v) is 4.39. The second-order valence-electron chi connectivity index (χ2n) is 4.82. The average molecular weight is 292 g/mol. The second kappa shape index (κ2) is 6.39. The van der Waals surface area contributed by atoms with Crippen LogP contribution in [0.2, 0.25) is 0 Å². The molecule has 0 spiro atoms. The van der Waals surface area contributed by atoms with Crippen molar-refractivity contribution >= 4 is 11.3 Å². The molecule has 1 unspecified atom stereocenters. The van der Waals surface area contributed by atoms with Crippen molar-refractivity contribution in [3.8, 4) is 5.75 Å². The van der Waals surface area contributed by atoms with Crippen LogP contribution in [0, 0.1) is 6.92 Å². The molecule has 20 heavy (non-hydrogen) atoms. The third-order valence-electron chi connectivity index (χ3n) is 3.18. The van der Waals surface area contributed by atoms with Crippen LogP contribution in [0.4, 0.5) is 0 Å². The summed E-state index contributed by atoms with van der Waals surface area (Å²) >= 11 is 1.60. The van der Waals surface area contributed by atoms with Crippen molar-refractivity contribution in [3.05, 3.63) is 51.7 Å². The maximum absolute atomic E-state index is 10.9. The molecular weight excluding hydrogens is 272 g/mol. The standard InChI is InChI=1S/C16H20O3S/c1-12-8-9-15(20-12)16(2,17)13-6-4-5-7-14(13)19-11-10-18-3/h4-9,17H,10-11H2,1-3H3. The van der Waals surface area contributed by atoms with Gasteiger partial charge in [-0.25, -0.2) is 0 Å². The number of rotatable bonds is 6. The summed E-state index contributed by atoms with van der Waals surface area (Å²) in [6.07, 6.45) is 0. The molecule has 0 saturated carbocycles. The quantitative estimate of drug-likeness (QED) is 0.830. The second-order valence-corrected chi connectivity index (χ2v) is 6.11. The number of aryl methyl sites for hydroxylation is 1. The fraction of sp³-hybridized carbons (Fsp3) is 0.375. The van der Waals surface area contributed by atoms with Gasteiger partial charge in [0.05, 0.1) is 6.61 Å². The Bertz CT molecular complexity index is 560. The van der Waals surface area contributed by atoms with E-state index in [0.29, 0.717) is 19.0 Å². The highest BCUT2D eigenvalue weighted by atomic mass is 32.1. The van der Waals surface area contributed by atoms with Gasteiger partial charge in [0, 0.05) is 22.4 Å². The number of ether oxygens (including phenoxy) is 2. The Morgan fingerprint density at radius 2 is 1.90 bits per heavy atom. The predicted octanol–water partition coefficient (Wildman–Crippen LogP) is 3.34. The van der Waals surface area contributed by atoms with E-state index in [1.165, 1.54) is 4.88 Å². The van der Waals surface area contributed by atoms with Gasteiger partial charge >= 0.3 is 0 Å². The Labute approximate surface area is 123 Å². The lowest BCUT2D eigenvalue weighted by atomic mass is 9.93. The van der Waals surface area contributed by atoms with Crippen LogP contribution in [-0.2, 0) is 10.3 Å². The van der Waals surface area contributed by atoms with Crippen molar-refractivity contribution < 1.29 is 14.6 Å². The first kappa shape index (κ1) is 15.0. The predicted molar refractivity (Wildman–Crippen MR) is 81.5 cm³/mol. The summed E-state index contributed by atoms with van der Waals surface area (Å²) in [6, 6.07) is 11.6. The summed E-state index contributed by atoms with van der Waals surface area (Å²) < 4.78 is 10.7. The van der Waals surface area contributed by atoms with E-state index in [1.54, 1.807) is 25.4 Å². The molecule has 0 aliphatic rings. The zero-order chi connectivity index (χ0) is 14.6. The monoisotopic (exact) mass is 292 g/mol. The Hall–Kier alpha value is -1.36. The average Bonchev–Trinajstić information content (AvgIpc) is 2.87. The largest absolute Gasteiger partial charge is 0.491 e. The lowest BCUT2D eigenvalue weighted by molar-refractivity contribution is 0.0978. The molecule has 3 nitrogen and oxygen atoms in total. The fourth-order valence-electron chi connectivity index (χ4n) is 2.06. The van der Waals surface area contributed by atoms with Crippen molar-refractivity contribution in [2.75, 3.05) is 20.3 Å². The maximum atomic E-state index is 10.9. The Morgan fingerprint density at radius 3 is 2.55 bits per heavy atom. The zero-order valence-electron chi connectivity index (χ0n) is 12.1. The number of aliphatic hydroxyl groups is 1. The van der Waals surface area contributed by atoms with E-state index in [0.717, 1.165) is 10.4 Å². The highest BCUT2D eigenvalue weighted by molar-refractivity contribution is 7.12. The van der Waals surface area contributed by atoms with Gasteiger partial charge in [-0.2, -0.15) is 0 Å². The van der Waals surface area contributed by atoms with E-state index in [9.17, 15) is 5.11 Å². The van der Waals surface area contributed by atoms with E-state index >= 15 is 0 Å². The first-order valence-corrected chi connectivity index (χ1v) is 7.38. The van der Waals surface area contributed by atoms with Crippen LogP contribution in [-0.4, -0.2) is 25.4 Å². The first-order valence-electron chi connectivity index (χ1n) is 6.56. The van der Waals surface area contributed by atoms with Crippen molar-refractivity contribution in [2.45, 2.75) is 19.4 Å². The van der Waals surface area contributed by atoms with Crippen LogP contribution < -0.4 is 4.74 Å². The van der Waals surface area contributed by atoms with Crippen molar-refractivity contribution in [3.63, 3.8) is 0 Å². The molecule has 4 heteroatoms. The topological polar surface area (TPSA) is 38.7 Å². The molecule has 0 fully saturated rings. The molecule has 108 valence electrons. The van der Waals surface area contributed by atoms with Gasteiger partial charge in [-0.15, -0.1) is 11.3 Å². The molecule has 1 N–H and O–H groups in total. The van der Waals surface area contributed by atoms with Gasteiger partial charge in [-0.3, -0.25) is 0 Å². The molecule has 0 saturated heterocycles. The molecule has 2 aromatic rings. The maximum Gasteiger partial charge on any atom is 0.125 e. The van der Waals surface area contributed by atoms with Gasteiger partial charge in [-0.05, 0) is 32.0 Å². The fourth-order valence-corrected chi connectivity index (χ4v) is 2.99. The van der Waals surface area contributed by atoms with Crippen LogP contribution in [0.3, 0.4) is 0 Å². The highest BCUT2D eigenvalue weighted by Gasteiger charge is 2.30. The van der Waals surface area contributed by atoms with Crippen LogP contribution in [0.15, 0.2) is 36.4 Å². The lowest BCUT2D eigenvalue weighted by Gasteiger charge is -2.25. The summed E-state index contributed by atoms with van der Waals surface area (Å²) in [5.41, 5.74) is -0.277. The number of hydrogen-bond acceptors (Lipinski definition) is 4. The van der Waals surface area contributed by atoms with Crippen molar-refractivity contribution in [1.29, 1.82) is 0 Å². The zero-order valence-corrected chi connectivity index (χ0v) is 12.9. The van der Waals surface area contributed by atoms with Gasteiger partial charge in [0.1, 0.15) is 18.0 Å². The van der Waals surface area contributed by atoms with Gasteiger partial charge in [0.2, 0.25) is 0 Å². The molecule has 1 atom stereocenters. The van der Waals surface area contributed by atoms with Gasteiger partial charge in [-0.1, -0.05) is 18.2 Å². The van der Waals surface area contributed by atoms with Gasteiger partial charge < -0.3 is 14.6 Å². The third kappa shape index (κ3) is 3.20. The lowest BCUT2D eigenvalue weighted by Crippen LogP contribution is -2.22. The Morgan fingerprint density at radius 1 is 1.15 bits per heavy atom. The van der Waals surface area contributed by atoms with E-state index < -0.39 is 5.60 Å². The van der Waals surface area contributed by atoms with Crippen molar-refractivity contribution in [1.82, 2.24) is 0 Å². The number of hydrogen-bond donors (Lipinski definition) is 1. The number of benzene rings is 1. The SMILES string of the molecule is COCCOc1ccccc1C(C)(O)c1ccc(C)s1. The molecule has 0 radical (unpaired) electrons. The molecule has 0 amide bonds. The van der Waals surface area contributed by atoms with E-state index in [2.05, 4.69) is 0 Å². The number of thiophene rings is 1. The molecule has 0 aliphatic heterocycles. The summed E-state index contributed by atoms with van der Waals surface area (Å²) in [5, 5.41) is 10.9. The van der Waals surface area contributed by atoms with Gasteiger partial charge in [0.15, 0.2) is 0 Å². The molecule has 1 aromatic heterocycles. The first-order chi connectivity index (χ1) is 9.55. The summed E-state index contributed by atoms with van der Waals surface area (Å²) in [6.45, 7) is 4.82. The Kier molecular flexibility index (Phi) is 4.81. The normalized spacial score (nSPS) is 14.0. The highest BCUT2D eigenvalue weighted by Crippen LogP contribution is 2.38. The molecule has 1 aromatic carbocycles. The van der Waals surface area contributed by atoms with E-state index in [1.807, 2.05) is 43.3 Å². The minimum absolute atomic E-state index is 0.465. The molecule has 0 bridgehead atoms. The molecule has 0 aliphatic carbocycles. The molecular formula is C16H20O3S. The number of methoxy groups -OCH3 is 1. The number of para-hydroxylation sites is 1. The Balaban J connectivity index is 2.31. The van der Waals surface area contributed by atoms with Crippen molar-refractivity contribution in [2.24, 2.45) is 0 Å². The van der Waals surface area contributed by atoms with Crippen LogP contribution >= 0.6 is 11.3 Å². The summed E-state index contributed by atoms with van der Waals surface area (Å²) in [4.78, 5) is 2.09. The van der Waals surface area contributed by atoms with E-state index in [-0.39, 0.29) is 0 Å². The smallest absolute Gasteiger partial charge is 0.125 e. The molecule has 2 rings (SSSR count). The van der Waals surface area contributed by atoms with Crippen LogP contribution in [0.1, 0.15) is 22.2 Å². The minimum Gasteiger partial charge on any atom is -0.491 e.